The summed E-state index contributed by atoms with van der Waals surface area (Å²) in [4.78, 5) is 16.3. The molecule has 0 saturated carbocycles. The van der Waals surface area contributed by atoms with Crippen molar-refractivity contribution in [2.45, 2.75) is 18.8 Å². The van der Waals surface area contributed by atoms with E-state index in [0.29, 0.717) is 19.1 Å². The molecular weight excluding hydrogens is 380 g/mol. The van der Waals surface area contributed by atoms with Gasteiger partial charge in [-0.15, -0.1) is 11.3 Å². The fourth-order valence-electron chi connectivity index (χ4n) is 4.19. The SMILES string of the molecule is COCCNC(=O)c1sc2ccccc2c1[C@H]1CCN(CCc2ccccc2)C1. The van der Waals surface area contributed by atoms with Crippen molar-refractivity contribution < 1.29 is 9.53 Å². The number of thiophene rings is 1. The van der Waals surface area contributed by atoms with Gasteiger partial charge in [-0.25, -0.2) is 0 Å². The number of benzene rings is 2. The van der Waals surface area contributed by atoms with Crippen LogP contribution in [0.2, 0.25) is 0 Å². The number of rotatable bonds is 8. The fourth-order valence-corrected chi connectivity index (χ4v) is 5.40. The molecule has 0 aliphatic carbocycles. The summed E-state index contributed by atoms with van der Waals surface area (Å²) in [6.45, 7) is 4.25. The van der Waals surface area contributed by atoms with Crippen molar-refractivity contribution in [3.63, 3.8) is 0 Å². The van der Waals surface area contributed by atoms with Crippen LogP contribution in [0.1, 0.15) is 33.1 Å². The maximum Gasteiger partial charge on any atom is 0.261 e. The molecule has 5 heteroatoms. The zero-order valence-electron chi connectivity index (χ0n) is 16.9. The molecule has 1 aliphatic heterocycles. The second-order valence-electron chi connectivity index (χ2n) is 7.61. The van der Waals surface area contributed by atoms with E-state index in [0.717, 1.165) is 37.4 Å². The molecule has 29 heavy (non-hydrogen) atoms. The van der Waals surface area contributed by atoms with Crippen molar-refractivity contribution >= 4 is 27.3 Å². The van der Waals surface area contributed by atoms with Gasteiger partial charge in [0.25, 0.3) is 5.91 Å². The summed E-state index contributed by atoms with van der Waals surface area (Å²) in [5.41, 5.74) is 2.62. The van der Waals surface area contributed by atoms with Crippen LogP contribution in [0.25, 0.3) is 10.1 Å². The molecule has 152 valence electrons. The predicted octanol–water partition coefficient (Wildman–Crippen LogP) is 4.31. The molecule has 4 nitrogen and oxygen atoms in total. The summed E-state index contributed by atoms with van der Waals surface area (Å²) >= 11 is 1.62. The summed E-state index contributed by atoms with van der Waals surface area (Å²) in [6, 6.07) is 19.1. The number of ether oxygens (including phenoxy) is 1. The van der Waals surface area contributed by atoms with Crippen molar-refractivity contribution in [1.29, 1.82) is 0 Å². The molecule has 1 N–H and O–H groups in total. The number of carbonyl (C=O) groups is 1. The van der Waals surface area contributed by atoms with E-state index >= 15 is 0 Å². The summed E-state index contributed by atoms with van der Waals surface area (Å²) in [5, 5.41) is 4.26. The number of hydrogen-bond donors (Lipinski definition) is 1. The van der Waals surface area contributed by atoms with Crippen LogP contribution in [0.5, 0.6) is 0 Å². The summed E-state index contributed by atoms with van der Waals surface area (Å²) in [7, 11) is 1.65. The minimum atomic E-state index is 0.0287. The molecular formula is C24H28N2O2S. The molecule has 0 spiro atoms. The van der Waals surface area contributed by atoms with Gasteiger partial charge in [-0.2, -0.15) is 0 Å². The highest BCUT2D eigenvalue weighted by Gasteiger charge is 2.30. The molecule has 2 aromatic carbocycles. The number of nitrogens with zero attached hydrogens (tertiary/aromatic N) is 1. The third kappa shape index (κ3) is 4.69. The molecule has 1 saturated heterocycles. The minimum absolute atomic E-state index is 0.0287. The molecule has 0 unspecified atom stereocenters. The van der Waals surface area contributed by atoms with E-state index < -0.39 is 0 Å². The van der Waals surface area contributed by atoms with Gasteiger partial charge in [-0.1, -0.05) is 48.5 Å². The van der Waals surface area contributed by atoms with Gasteiger partial charge in [0.15, 0.2) is 0 Å². The van der Waals surface area contributed by atoms with Crippen LogP contribution in [-0.4, -0.2) is 50.7 Å². The van der Waals surface area contributed by atoms with Gasteiger partial charge < -0.3 is 15.0 Å². The summed E-state index contributed by atoms with van der Waals surface area (Å²) in [5.74, 6) is 0.436. The Kier molecular flexibility index (Phi) is 6.60. The van der Waals surface area contributed by atoms with E-state index in [1.54, 1.807) is 18.4 Å². The van der Waals surface area contributed by atoms with E-state index in [9.17, 15) is 4.79 Å². The maximum atomic E-state index is 12.9. The Morgan fingerprint density at radius 1 is 1.17 bits per heavy atom. The Hall–Kier alpha value is -2.21. The van der Waals surface area contributed by atoms with Crippen molar-refractivity contribution in [2.75, 3.05) is 39.9 Å². The Morgan fingerprint density at radius 2 is 1.97 bits per heavy atom. The smallest absolute Gasteiger partial charge is 0.261 e. The first-order chi connectivity index (χ1) is 14.3. The maximum absolute atomic E-state index is 12.9. The normalized spacial score (nSPS) is 17.1. The average Bonchev–Trinajstić information content (AvgIpc) is 3.37. The second-order valence-corrected chi connectivity index (χ2v) is 8.66. The Morgan fingerprint density at radius 3 is 2.79 bits per heavy atom. The highest BCUT2D eigenvalue weighted by atomic mass is 32.1. The number of carbonyl (C=O) groups excluding carboxylic acids is 1. The Bertz CT molecular complexity index is 954. The molecule has 1 aromatic heterocycles. The number of amides is 1. The molecule has 1 fully saturated rings. The lowest BCUT2D eigenvalue weighted by atomic mass is 9.95. The lowest BCUT2D eigenvalue weighted by molar-refractivity contribution is 0.0940. The van der Waals surface area contributed by atoms with Crippen LogP contribution in [-0.2, 0) is 11.2 Å². The monoisotopic (exact) mass is 408 g/mol. The molecule has 2 heterocycles. The van der Waals surface area contributed by atoms with Crippen LogP contribution in [0, 0.1) is 0 Å². The van der Waals surface area contributed by atoms with Gasteiger partial charge >= 0.3 is 0 Å². The van der Waals surface area contributed by atoms with Gasteiger partial charge in [-0.3, -0.25) is 4.79 Å². The summed E-state index contributed by atoms with van der Waals surface area (Å²) < 4.78 is 6.27. The first kappa shape index (κ1) is 20.1. The minimum Gasteiger partial charge on any atom is -0.383 e. The molecule has 1 aliphatic rings. The highest BCUT2D eigenvalue weighted by Crippen LogP contribution is 2.40. The van der Waals surface area contributed by atoms with Crippen LogP contribution < -0.4 is 5.32 Å². The largest absolute Gasteiger partial charge is 0.383 e. The van der Waals surface area contributed by atoms with Gasteiger partial charge in [0.2, 0.25) is 0 Å². The number of likely N-dealkylation sites (tertiary alicyclic amines) is 1. The standard InChI is InChI=1S/C24H28N2O2S/c1-28-16-13-25-24(27)23-22(20-9-5-6-10-21(20)29-23)19-12-15-26(17-19)14-11-18-7-3-2-4-8-18/h2-10,19H,11-17H2,1H3,(H,25,27)/t19-/m0/s1. The van der Waals surface area contributed by atoms with Crippen molar-refractivity contribution in [2.24, 2.45) is 0 Å². The van der Waals surface area contributed by atoms with Crippen LogP contribution in [0.3, 0.4) is 0 Å². The van der Waals surface area contributed by atoms with Gasteiger partial charge in [0, 0.05) is 37.4 Å². The Labute approximate surface area is 176 Å². The zero-order chi connectivity index (χ0) is 20.1. The molecule has 1 atom stereocenters. The third-order valence-electron chi connectivity index (χ3n) is 5.67. The fraction of sp³-hybridized carbons (Fsp3) is 0.375. The van der Waals surface area contributed by atoms with Crippen LogP contribution >= 0.6 is 11.3 Å². The zero-order valence-corrected chi connectivity index (χ0v) is 17.7. The average molecular weight is 409 g/mol. The van der Waals surface area contributed by atoms with Crippen molar-refractivity contribution in [3.8, 4) is 0 Å². The van der Waals surface area contributed by atoms with E-state index in [2.05, 4.69) is 64.8 Å². The van der Waals surface area contributed by atoms with Crippen molar-refractivity contribution in [3.05, 3.63) is 70.6 Å². The first-order valence-corrected chi connectivity index (χ1v) is 11.1. The Balaban J connectivity index is 1.50. The quantitative estimate of drug-likeness (QED) is 0.565. The number of fused-ring (bicyclic) bond motifs is 1. The number of methoxy groups -OCH3 is 1. The molecule has 3 aromatic rings. The number of nitrogens with one attached hydrogen (secondary N) is 1. The van der Waals surface area contributed by atoms with Crippen molar-refractivity contribution in [1.82, 2.24) is 10.2 Å². The lowest BCUT2D eigenvalue weighted by Gasteiger charge is -2.17. The second kappa shape index (κ2) is 9.53. The third-order valence-corrected chi connectivity index (χ3v) is 6.86. The topological polar surface area (TPSA) is 41.6 Å². The number of hydrogen-bond acceptors (Lipinski definition) is 4. The predicted molar refractivity (Wildman–Crippen MR) is 120 cm³/mol. The highest BCUT2D eigenvalue weighted by molar-refractivity contribution is 7.21. The molecule has 4 rings (SSSR count). The summed E-state index contributed by atoms with van der Waals surface area (Å²) in [6.07, 6.45) is 2.18. The van der Waals surface area contributed by atoms with Crippen LogP contribution in [0.15, 0.2) is 54.6 Å². The van der Waals surface area contributed by atoms with Crippen LogP contribution in [0.4, 0.5) is 0 Å². The van der Waals surface area contributed by atoms with E-state index in [1.165, 1.54) is 21.2 Å². The van der Waals surface area contributed by atoms with E-state index in [4.69, 9.17) is 4.74 Å². The van der Waals surface area contributed by atoms with Gasteiger partial charge in [0.05, 0.1) is 11.5 Å². The molecule has 0 bridgehead atoms. The molecule has 1 amide bonds. The van der Waals surface area contributed by atoms with Gasteiger partial charge in [-0.05, 0) is 42.0 Å². The van der Waals surface area contributed by atoms with Gasteiger partial charge in [0.1, 0.15) is 0 Å². The van der Waals surface area contributed by atoms with E-state index in [-0.39, 0.29) is 5.91 Å². The molecule has 0 radical (unpaired) electrons. The first-order valence-electron chi connectivity index (χ1n) is 10.3. The van der Waals surface area contributed by atoms with E-state index in [1.807, 2.05) is 0 Å². The lowest BCUT2D eigenvalue weighted by Crippen LogP contribution is -2.27.